The van der Waals surface area contributed by atoms with Crippen molar-refractivity contribution in [3.63, 3.8) is 0 Å². The van der Waals surface area contributed by atoms with Gasteiger partial charge in [0.05, 0.1) is 13.1 Å². The first-order valence-corrected chi connectivity index (χ1v) is 17.4. The highest BCUT2D eigenvalue weighted by Crippen LogP contribution is 2.22. The molecule has 0 amide bonds. The molecule has 0 aliphatic heterocycles. The van der Waals surface area contributed by atoms with E-state index in [1.54, 1.807) is 0 Å². The van der Waals surface area contributed by atoms with E-state index in [1.165, 1.54) is 38.5 Å². The van der Waals surface area contributed by atoms with Crippen molar-refractivity contribution in [2.24, 2.45) is 0 Å². The van der Waals surface area contributed by atoms with E-state index < -0.39 is 0 Å². The number of esters is 2. The van der Waals surface area contributed by atoms with Crippen molar-refractivity contribution in [1.29, 1.82) is 0 Å². The Balaban J connectivity index is 1.89. The highest BCUT2D eigenvalue weighted by Gasteiger charge is 2.14. The first-order valence-electron chi connectivity index (χ1n) is 17.4. The molecule has 0 N–H and O–H groups in total. The van der Waals surface area contributed by atoms with Gasteiger partial charge in [0.2, 0.25) is 0 Å². The lowest BCUT2D eigenvalue weighted by Gasteiger charge is -2.21. The summed E-state index contributed by atoms with van der Waals surface area (Å²) in [5.41, 5.74) is 4.01. The van der Waals surface area contributed by atoms with Gasteiger partial charge in [-0.25, -0.2) is 0 Å². The average molecular weight is 609 g/mol. The van der Waals surface area contributed by atoms with Crippen LogP contribution in [0.4, 0.5) is 0 Å². The quantitative estimate of drug-likeness (QED) is 0.0829. The largest absolute Gasteiger partial charge is 0.460 e. The molecule has 2 aromatic rings. The minimum atomic E-state index is -0.167. The number of hydrogen-bond acceptors (Lipinski definition) is 6. The maximum Gasteiger partial charge on any atom is 0.320 e. The monoisotopic (exact) mass is 608 g/mol. The maximum atomic E-state index is 12.7. The average Bonchev–Trinajstić information content (AvgIpc) is 3.04. The van der Waals surface area contributed by atoms with Gasteiger partial charge in [-0.3, -0.25) is 19.4 Å². The third kappa shape index (κ3) is 16.4. The van der Waals surface area contributed by atoms with Gasteiger partial charge in [0.15, 0.2) is 0 Å². The smallest absolute Gasteiger partial charge is 0.320 e. The first kappa shape index (κ1) is 37.5. The minimum Gasteiger partial charge on any atom is -0.460 e. The van der Waals surface area contributed by atoms with Crippen LogP contribution < -0.4 is 0 Å². The third-order valence-corrected chi connectivity index (χ3v) is 8.00. The van der Waals surface area contributed by atoms with Crippen LogP contribution in [-0.2, 0) is 32.3 Å². The van der Waals surface area contributed by atoms with Crippen LogP contribution in [0.15, 0.2) is 48.5 Å². The van der Waals surface area contributed by atoms with Gasteiger partial charge in [-0.2, -0.15) is 0 Å². The minimum absolute atomic E-state index is 0.167. The van der Waals surface area contributed by atoms with Crippen LogP contribution in [0, 0.1) is 0 Å². The molecule has 246 valence electrons. The molecule has 0 heterocycles. The van der Waals surface area contributed by atoms with Crippen LogP contribution in [-0.4, -0.2) is 61.0 Å². The Bertz CT molecular complexity index is 973. The Morgan fingerprint density at radius 3 is 1.30 bits per heavy atom. The summed E-state index contributed by atoms with van der Waals surface area (Å²) in [6.45, 7) is 13.8. The number of benzene rings is 2. The first-order chi connectivity index (χ1) is 21.5. The topological polar surface area (TPSA) is 59.1 Å². The maximum absolute atomic E-state index is 12.7. The third-order valence-electron chi connectivity index (χ3n) is 8.00. The zero-order chi connectivity index (χ0) is 31.8. The van der Waals surface area contributed by atoms with Crippen molar-refractivity contribution in [3.05, 3.63) is 59.7 Å². The number of nitrogens with zero attached hydrogens (tertiary/aromatic N) is 2. The van der Waals surface area contributed by atoms with Crippen molar-refractivity contribution in [2.75, 3.05) is 39.3 Å². The van der Waals surface area contributed by atoms with Gasteiger partial charge >= 0.3 is 11.9 Å². The van der Waals surface area contributed by atoms with E-state index >= 15 is 0 Å². The lowest BCUT2D eigenvalue weighted by molar-refractivity contribution is -0.147. The normalized spacial score (nSPS) is 11.3. The van der Waals surface area contributed by atoms with E-state index in [9.17, 15) is 9.59 Å². The van der Waals surface area contributed by atoms with Crippen LogP contribution in [0.3, 0.4) is 0 Å². The van der Waals surface area contributed by atoms with Crippen LogP contribution in [0.1, 0.15) is 116 Å². The molecule has 44 heavy (non-hydrogen) atoms. The lowest BCUT2D eigenvalue weighted by atomic mass is 10.0. The van der Waals surface area contributed by atoms with Gasteiger partial charge in [-0.1, -0.05) is 115 Å². The number of unbranched alkanes of at least 4 members (excludes halogenated alkanes) is 8. The zero-order valence-electron chi connectivity index (χ0n) is 28.3. The van der Waals surface area contributed by atoms with Gasteiger partial charge in [-0.05, 0) is 86.2 Å². The van der Waals surface area contributed by atoms with E-state index in [0.29, 0.717) is 13.1 Å². The Morgan fingerprint density at radius 1 is 0.523 bits per heavy atom. The van der Waals surface area contributed by atoms with Crippen molar-refractivity contribution < 1.29 is 19.1 Å². The molecule has 0 atom stereocenters. The van der Waals surface area contributed by atoms with E-state index in [0.717, 1.165) is 87.0 Å². The number of carbonyl (C=O) groups excluding carboxylic acids is 2. The molecule has 0 saturated carbocycles. The lowest BCUT2D eigenvalue weighted by Crippen LogP contribution is -2.32. The molecule has 0 aliphatic carbocycles. The summed E-state index contributed by atoms with van der Waals surface area (Å²) in [5.74, 6) is -0.333. The van der Waals surface area contributed by atoms with Crippen LogP contribution >= 0.6 is 0 Å². The summed E-state index contributed by atoms with van der Waals surface area (Å²) in [7, 11) is 0. The van der Waals surface area contributed by atoms with Crippen molar-refractivity contribution >= 4 is 11.9 Å². The molecule has 0 bridgehead atoms. The van der Waals surface area contributed by atoms with Crippen LogP contribution in [0.5, 0.6) is 0 Å². The highest BCUT2D eigenvalue weighted by atomic mass is 16.5. The molecule has 0 radical (unpaired) electrons. The van der Waals surface area contributed by atoms with E-state index in [-0.39, 0.29) is 25.2 Å². The van der Waals surface area contributed by atoms with E-state index in [1.807, 2.05) is 24.3 Å². The van der Waals surface area contributed by atoms with Gasteiger partial charge in [0, 0.05) is 0 Å². The molecule has 6 nitrogen and oxygen atoms in total. The zero-order valence-corrected chi connectivity index (χ0v) is 28.3. The molecule has 6 heteroatoms. The Labute approximate surface area is 268 Å². The summed E-state index contributed by atoms with van der Waals surface area (Å²) >= 11 is 0. The fourth-order valence-corrected chi connectivity index (χ4v) is 5.29. The Morgan fingerprint density at radius 2 is 0.909 bits per heavy atom. The fourth-order valence-electron chi connectivity index (χ4n) is 5.29. The second kappa shape index (κ2) is 23.7. The molecule has 0 unspecified atom stereocenters. The molecule has 0 aliphatic rings. The van der Waals surface area contributed by atoms with Gasteiger partial charge in [0.1, 0.15) is 13.2 Å². The number of rotatable bonds is 25. The molecular weight excluding hydrogens is 548 g/mol. The number of hydrogen-bond donors (Lipinski definition) is 0. The summed E-state index contributed by atoms with van der Waals surface area (Å²) in [5, 5.41) is 0. The van der Waals surface area contributed by atoms with Crippen molar-refractivity contribution in [3.8, 4) is 11.1 Å². The predicted molar refractivity (Wildman–Crippen MR) is 182 cm³/mol. The predicted octanol–water partition coefficient (Wildman–Crippen LogP) is 8.80. The summed E-state index contributed by atoms with van der Waals surface area (Å²) < 4.78 is 11.4. The van der Waals surface area contributed by atoms with Gasteiger partial charge in [-0.15, -0.1) is 0 Å². The molecular formula is C38H60N2O4. The van der Waals surface area contributed by atoms with E-state index in [2.05, 4.69) is 61.8 Å². The second-order valence-electron chi connectivity index (χ2n) is 12.1. The van der Waals surface area contributed by atoms with Gasteiger partial charge < -0.3 is 9.47 Å². The molecule has 2 aromatic carbocycles. The van der Waals surface area contributed by atoms with Crippen molar-refractivity contribution in [1.82, 2.24) is 9.80 Å². The highest BCUT2D eigenvalue weighted by molar-refractivity contribution is 5.72. The van der Waals surface area contributed by atoms with Crippen LogP contribution in [0.25, 0.3) is 11.1 Å². The van der Waals surface area contributed by atoms with Gasteiger partial charge in [0.25, 0.3) is 0 Å². The number of ether oxygens (including phenoxy) is 2. The molecule has 0 aromatic heterocycles. The molecule has 2 rings (SSSR count). The fraction of sp³-hybridized carbons (Fsp3) is 0.632. The second-order valence-corrected chi connectivity index (χ2v) is 12.1. The van der Waals surface area contributed by atoms with Crippen LogP contribution in [0.2, 0.25) is 0 Å². The summed E-state index contributed by atoms with van der Waals surface area (Å²) in [4.78, 5) is 29.9. The molecule has 0 fully saturated rings. The summed E-state index contributed by atoms with van der Waals surface area (Å²) in [6, 6.07) is 16.2. The molecule has 0 saturated heterocycles. The summed E-state index contributed by atoms with van der Waals surface area (Å²) in [6.07, 6.45) is 14.0. The SMILES string of the molecule is CCCCCCN(CCCC)CC(=O)OCc1cccc(-c2cccc(COC(=O)CN(CCCC)CCCCCC)c2)c1. The van der Waals surface area contributed by atoms with E-state index in [4.69, 9.17) is 9.47 Å². The molecule has 0 spiro atoms. The number of carbonyl (C=O) groups is 2. The standard InChI is InChI=1S/C38H60N2O4/c1-5-9-13-15-25-39(23-11-7-3)29-37(41)43-31-33-19-17-21-35(27-33)36-22-18-20-34(28-36)32-44-38(42)30-40(24-12-8-4)26-16-14-10-6-2/h17-22,27-28H,5-16,23-26,29-32H2,1-4H3. The van der Waals surface area contributed by atoms with Crippen molar-refractivity contribution in [2.45, 2.75) is 118 Å². The Hall–Kier alpha value is -2.70. The Kier molecular flexibility index (Phi) is 20.2.